The lowest BCUT2D eigenvalue weighted by Gasteiger charge is -2.14. The third kappa shape index (κ3) is 3.10. The van der Waals surface area contributed by atoms with Gasteiger partial charge in [-0.1, -0.05) is 24.3 Å². The first-order chi connectivity index (χ1) is 10.0. The fraction of sp³-hybridized carbons (Fsp3) is 0.267. The van der Waals surface area contributed by atoms with Crippen molar-refractivity contribution in [3.63, 3.8) is 0 Å². The second-order valence-corrected chi connectivity index (χ2v) is 4.40. The van der Waals surface area contributed by atoms with E-state index in [1.54, 1.807) is 37.3 Å². The van der Waals surface area contributed by atoms with E-state index >= 15 is 0 Å². The Labute approximate surface area is 121 Å². The Morgan fingerprint density at radius 3 is 2.67 bits per heavy atom. The molecule has 0 saturated heterocycles. The van der Waals surface area contributed by atoms with E-state index in [9.17, 15) is 14.9 Å². The van der Waals surface area contributed by atoms with E-state index in [-0.39, 0.29) is 18.0 Å². The molecule has 2 aromatic rings. The Bertz CT molecular complexity index is 683. The molecule has 2 aromatic carbocycles. The van der Waals surface area contributed by atoms with Gasteiger partial charge in [-0.25, -0.2) is 4.79 Å². The Hall–Kier alpha value is -2.63. The molecular weight excluding hydrogens is 274 g/mol. The first-order valence-corrected chi connectivity index (χ1v) is 6.54. The predicted molar refractivity (Wildman–Crippen MR) is 77.3 cm³/mol. The molecule has 0 bridgehead atoms. The fourth-order valence-corrected chi connectivity index (χ4v) is 2.02. The smallest absolute Gasteiger partial charge is 0.347 e. The van der Waals surface area contributed by atoms with Crippen LogP contribution in [0.3, 0.4) is 0 Å². The van der Waals surface area contributed by atoms with Gasteiger partial charge >= 0.3 is 11.7 Å². The molecule has 6 nitrogen and oxygen atoms in total. The lowest BCUT2D eigenvalue weighted by Crippen LogP contribution is -2.26. The van der Waals surface area contributed by atoms with E-state index in [0.717, 1.165) is 5.39 Å². The summed E-state index contributed by atoms with van der Waals surface area (Å²) in [6.45, 7) is 3.41. The Morgan fingerprint density at radius 1 is 1.29 bits per heavy atom. The van der Waals surface area contributed by atoms with Crippen LogP contribution < -0.4 is 4.74 Å². The average molecular weight is 289 g/mol. The van der Waals surface area contributed by atoms with E-state index in [1.165, 1.54) is 13.0 Å². The summed E-state index contributed by atoms with van der Waals surface area (Å²) in [5.41, 5.74) is -0.149. The molecule has 0 saturated carbocycles. The Balaban J connectivity index is 2.42. The number of nitro groups is 1. The van der Waals surface area contributed by atoms with Gasteiger partial charge in [0.05, 0.1) is 16.9 Å². The van der Waals surface area contributed by atoms with Gasteiger partial charge < -0.3 is 9.47 Å². The maximum absolute atomic E-state index is 11.6. The van der Waals surface area contributed by atoms with Crippen LogP contribution in [-0.4, -0.2) is 23.6 Å². The van der Waals surface area contributed by atoms with Gasteiger partial charge in [-0.15, -0.1) is 0 Å². The van der Waals surface area contributed by atoms with Gasteiger partial charge in [0, 0.05) is 0 Å². The summed E-state index contributed by atoms with van der Waals surface area (Å²) < 4.78 is 10.2. The van der Waals surface area contributed by atoms with Crippen molar-refractivity contribution >= 4 is 22.4 Å². The summed E-state index contributed by atoms with van der Waals surface area (Å²) in [7, 11) is 0. The maximum atomic E-state index is 11.6. The number of hydrogen-bond acceptors (Lipinski definition) is 5. The van der Waals surface area contributed by atoms with Crippen LogP contribution >= 0.6 is 0 Å². The lowest BCUT2D eigenvalue weighted by molar-refractivity contribution is -0.384. The van der Waals surface area contributed by atoms with Gasteiger partial charge in [-0.2, -0.15) is 0 Å². The lowest BCUT2D eigenvalue weighted by atomic mass is 10.1. The third-order valence-corrected chi connectivity index (χ3v) is 2.97. The molecule has 0 aliphatic rings. The molecule has 21 heavy (non-hydrogen) atoms. The standard InChI is InChI=1S/C15H15NO5/c1-3-20-15(17)10(2)21-13-9-8-11-6-4-5-7-12(11)14(13)16(18)19/h4-10H,3H2,1-2H3/t10-/m1/s1. The molecule has 2 rings (SSSR count). The zero-order chi connectivity index (χ0) is 15.4. The number of rotatable bonds is 5. The summed E-state index contributed by atoms with van der Waals surface area (Å²) in [5.74, 6) is -0.501. The first kappa shape index (κ1) is 14.8. The molecule has 0 radical (unpaired) electrons. The van der Waals surface area contributed by atoms with Crippen molar-refractivity contribution in [1.29, 1.82) is 0 Å². The van der Waals surface area contributed by atoms with Crippen molar-refractivity contribution in [3.8, 4) is 5.75 Å². The summed E-state index contributed by atoms with van der Waals surface area (Å²) in [6, 6.07) is 10.2. The minimum Gasteiger partial charge on any atom is -0.472 e. The number of ether oxygens (including phenoxy) is 2. The number of carbonyl (C=O) groups excluding carboxylic acids is 1. The molecule has 0 amide bonds. The number of esters is 1. The van der Waals surface area contributed by atoms with Crippen molar-refractivity contribution < 1.29 is 19.2 Å². The molecular formula is C15H15NO5. The molecule has 0 fully saturated rings. The van der Waals surface area contributed by atoms with E-state index < -0.39 is 17.0 Å². The molecule has 1 atom stereocenters. The predicted octanol–water partition coefficient (Wildman–Crippen LogP) is 3.08. The molecule has 0 aromatic heterocycles. The van der Waals surface area contributed by atoms with Crippen LogP contribution in [0.2, 0.25) is 0 Å². The van der Waals surface area contributed by atoms with E-state index in [2.05, 4.69) is 0 Å². The first-order valence-electron chi connectivity index (χ1n) is 6.54. The molecule has 0 heterocycles. The van der Waals surface area contributed by atoms with Crippen LogP contribution in [0.1, 0.15) is 13.8 Å². The zero-order valence-corrected chi connectivity index (χ0v) is 11.7. The van der Waals surface area contributed by atoms with Gasteiger partial charge in [-0.05, 0) is 31.4 Å². The maximum Gasteiger partial charge on any atom is 0.347 e. The van der Waals surface area contributed by atoms with Crippen LogP contribution in [0.25, 0.3) is 10.8 Å². The van der Waals surface area contributed by atoms with Crippen LogP contribution in [-0.2, 0) is 9.53 Å². The van der Waals surface area contributed by atoms with Gasteiger partial charge in [0.1, 0.15) is 0 Å². The van der Waals surface area contributed by atoms with Gasteiger partial charge in [0.2, 0.25) is 0 Å². The van der Waals surface area contributed by atoms with Crippen molar-refractivity contribution in [3.05, 3.63) is 46.5 Å². The minimum atomic E-state index is -0.912. The largest absolute Gasteiger partial charge is 0.472 e. The molecule has 110 valence electrons. The van der Waals surface area contributed by atoms with Crippen molar-refractivity contribution in [2.75, 3.05) is 6.61 Å². The monoisotopic (exact) mass is 289 g/mol. The number of hydrogen-bond donors (Lipinski definition) is 0. The van der Waals surface area contributed by atoms with Crippen molar-refractivity contribution in [1.82, 2.24) is 0 Å². The third-order valence-electron chi connectivity index (χ3n) is 2.97. The highest BCUT2D eigenvalue weighted by molar-refractivity contribution is 5.93. The molecule has 0 aliphatic heterocycles. The summed E-state index contributed by atoms with van der Waals surface area (Å²) in [4.78, 5) is 22.4. The normalized spacial score (nSPS) is 11.9. The minimum absolute atomic E-state index is 0.0549. The highest BCUT2D eigenvalue weighted by Crippen LogP contribution is 2.35. The van der Waals surface area contributed by atoms with Crippen LogP contribution in [0, 0.1) is 10.1 Å². The molecule has 0 aliphatic carbocycles. The SMILES string of the molecule is CCOC(=O)[C@@H](C)Oc1ccc2ccccc2c1[N+](=O)[O-]. The highest BCUT2D eigenvalue weighted by atomic mass is 16.6. The molecule has 0 unspecified atom stereocenters. The highest BCUT2D eigenvalue weighted by Gasteiger charge is 2.24. The van der Waals surface area contributed by atoms with Crippen molar-refractivity contribution in [2.45, 2.75) is 20.0 Å². The number of nitrogens with zero attached hydrogens (tertiary/aromatic N) is 1. The van der Waals surface area contributed by atoms with Gasteiger partial charge in [0.25, 0.3) is 0 Å². The second-order valence-electron chi connectivity index (χ2n) is 4.40. The molecule has 6 heteroatoms. The number of benzene rings is 2. The number of carbonyl (C=O) groups is 1. The van der Waals surface area contributed by atoms with E-state index in [1.807, 2.05) is 0 Å². The summed E-state index contributed by atoms with van der Waals surface area (Å²) >= 11 is 0. The summed E-state index contributed by atoms with van der Waals surface area (Å²) in [6.07, 6.45) is -0.912. The van der Waals surface area contributed by atoms with Crippen molar-refractivity contribution in [2.24, 2.45) is 0 Å². The summed E-state index contributed by atoms with van der Waals surface area (Å²) in [5, 5.41) is 12.5. The zero-order valence-electron chi connectivity index (χ0n) is 11.7. The van der Waals surface area contributed by atoms with E-state index in [0.29, 0.717) is 5.39 Å². The Kier molecular flexibility index (Phi) is 4.37. The molecule has 0 N–H and O–H groups in total. The van der Waals surface area contributed by atoms with Gasteiger partial charge in [-0.3, -0.25) is 10.1 Å². The van der Waals surface area contributed by atoms with Crippen LogP contribution in [0.4, 0.5) is 5.69 Å². The number of fused-ring (bicyclic) bond motifs is 1. The van der Waals surface area contributed by atoms with Crippen LogP contribution in [0.15, 0.2) is 36.4 Å². The molecule has 0 spiro atoms. The quantitative estimate of drug-likeness (QED) is 0.480. The number of nitro benzene ring substituents is 1. The van der Waals surface area contributed by atoms with E-state index in [4.69, 9.17) is 9.47 Å². The van der Waals surface area contributed by atoms with Crippen LogP contribution in [0.5, 0.6) is 5.75 Å². The Morgan fingerprint density at radius 2 is 2.00 bits per heavy atom. The topological polar surface area (TPSA) is 78.7 Å². The van der Waals surface area contributed by atoms with Gasteiger partial charge in [0.15, 0.2) is 11.9 Å². The average Bonchev–Trinajstić information content (AvgIpc) is 2.46. The second kappa shape index (κ2) is 6.21. The fourth-order valence-electron chi connectivity index (χ4n) is 2.02.